The van der Waals surface area contributed by atoms with Gasteiger partial charge in [-0.1, -0.05) is 24.3 Å². The van der Waals surface area contributed by atoms with E-state index in [4.69, 9.17) is 16.2 Å². The molecule has 1 unspecified atom stereocenters. The lowest BCUT2D eigenvalue weighted by Crippen LogP contribution is -2.41. The first-order chi connectivity index (χ1) is 15.4. The fourth-order valence-corrected chi connectivity index (χ4v) is 5.62. The molecule has 2 aromatic heterocycles. The SMILES string of the molecule is COc1cccc(S(=O)(=O)N2CC(n3ncc4c(N)nc(N)nc43)Cc3ccccc32)c1. The summed E-state index contributed by atoms with van der Waals surface area (Å²) < 4.78 is 35.7. The third-order valence-corrected chi connectivity index (χ3v) is 7.34. The maximum Gasteiger partial charge on any atom is 0.264 e. The Morgan fingerprint density at radius 3 is 2.72 bits per heavy atom. The summed E-state index contributed by atoms with van der Waals surface area (Å²) in [7, 11) is -2.37. The molecule has 0 fully saturated rings. The van der Waals surface area contributed by atoms with Crippen LogP contribution in [-0.4, -0.2) is 41.8 Å². The molecule has 0 radical (unpaired) electrons. The lowest BCUT2D eigenvalue weighted by atomic mass is 10.00. The number of ether oxygens (including phenoxy) is 1. The van der Waals surface area contributed by atoms with Gasteiger partial charge >= 0.3 is 0 Å². The van der Waals surface area contributed by atoms with Gasteiger partial charge in [-0.3, -0.25) is 4.31 Å². The van der Waals surface area contributed by atoms with Crippen molar-refractivity contribution in [1.82, 2.24) is 19.7 Å². The standard InChI is InChI=1S/C21H21N7O3S/c1-31-15-6-4-7-16(10-15)32(29,30)27-12-14(9-13-5-2-3-8-18(13)27)28-20-17(11-24-28)19(22)25-21(23)26-20/h2-8,10-11,14H,9,12H2,1H3,(H4,22,23,25,26). The van der Waals surface area contributed by atoms with Crippen LogP contribution in [0.5, 0.6) is 5.75 Å². The highest BCUT2D eigenvalue weighted by Gasteiger charge is 2.35. The molecule has 4 aromatic rings. The van der Waals surface area contributed by atoms with Gasteiger partial charge in [-0.05, 0) is 30.2 Å². The van der Waals surface area contributed by atoms with Crippen molar-refractivity contribution in [3.8, 4) is 5.75 Å². The summed E-state index contributed by atoms with van der Waals surface area (Å²) in [6.07, 6.45) is 2.15. The number of hydrogen-bond acceptors (Lipinski definition) is 8. The Hall–Kier alpha value is -3.86. The lowest BCUT2D eigenvalue weighted by molar-refractivity contribution is 0.413. The molecule has 0 amide bonds. The molecule has 1 aliphatic heterocycles. The Morgan fingerprint density at radius 1 is 1.09 bits per heavy atom. The summed E-state index contributed by atoms with van der Waals surface area (Å²) in [5.41, 5.74) is 13.8. The molecule has 0 aliphatic carbocycles. The number of methoxy groups -OCH3 is 1. The van der Waals surface area contributed by atoms with Crippen LogP contribution in [0.2, 0.25) is 0 Å². The molecule has 164 valence electrons. The molecular formula is C21H21N7O3S. The van der Waals surface area contributed by atoms with E-state index in [1.165, 1.54) is 17.5 Å². The van der Waals surface area contributed by atoms with Gasteiger partial charge in [-0.2, -0.15) is 15.1 Å². The second kappa shape index (κ2) is 7.38. The Labute approximate surface area is 184 Å². The molecule has 0 spiro atoms. The van der Waals surface area contributed by atoms with Gasteiger partial charge in [-0.15, -0.1) is 0 Å². The molecule has 11 heteroatoms. The van der Waals surface area contributed by atoms with Crippen LogP contribution in [0.4, 0.5) is 17.5 Å². The number of anilines is 3. The van der Waals surface area contributed by atoms with Crippen molar-refractivity contribution >= 4 is 38.5 Å². The van der Waals surface area contributed by atoms with Crippen molar-refractivity contribution in [3.63, 3.8) is 0 Å². The van der Waals surface area contributed by atoms with Crippen molar-refractivity contribution in [2.45, 2.75) is 17.4 Å². The summed E-state index contributed by atoms with van der Waals surface area (Å²) in [4.78, 5) is 8.42. The van der Waals surface area contributed by atoms with Crippen LogP contribution in [0.25, 0.3) is 11.0 Å². The normalized spacial score (nSPS) is 16.2. The van der Waals surface area contributed by atoms with Gasteiger partial charge in [0.1, 0.15) is 11.6 Å². The number of fused-ring (bicyclic) bond motifs is 2. The number of nitrogens with two attached hydrogens (primary N) is 2. The first kappa shape index (κ1) is 20.1. The predicted octanol–water partition coefficient (Wildman–Crippen LogP) is 1.99. The van der Waals surface area contributed by atoms with Crippen LogP contribution < -0.4 is 20.5 Å². The maximum atomic E-state index is 13.7. The second-order valence-electron chi connectivity index (χ2n) is 7.50. The summed E-state index contributed by atoms with van der Waals surface area (Å²) in [6.45, 7) is 0.164. The van der Waals surface area contributed by atoms with Crippen molar-refractivity contribution in [1.29, 1.82) is 0 Å². The van der Waals surface area contributed by atoms with Crippen LogP contribution >= 0.6 is 0 Å². The molecule has 10 nitrogen and oxygen atoms in total. The monoisotopic (exact) mass is 451 g/mol. The molecular weight excluding hydrogens is 430 g/mol. The van der Waals surface area contributed by atoms with E-state index in [-0.39, 0.29) is 29.2 Å². The smallest absolute Gasteiger partial charge is 0.264 e. The number of nitrogen functional groups attached to an aromatic ring is 2. The molecule has 2 aromatic carbocycles. The van der Waals surface area contributed by atoms with Crippen LogP contribution in [0.15, 0.2) is 59.6 Å². The fraction of sp³-hybridized carbons (Fsp3) is 0.190. The highest BCUT2D eigenvalue weighted by atomic mass is 32.2. The van der Waals surface area contributed by atoms with E-state index < -0.39 is 10.0 Å². The van der Waals surface area contributed by atoms with Gasteiger partial charge in [0.05, 0.1) is 41.9 Å². The third-order valence-electron chi connectivity index (χ3n) is 5.57. The van der Waals surface area contributed by atoms with Crippen molar-refractivity contribution < 1.29 is 13.2 Å². The van der Waals surface area contributed by atoms with E-state index in [0.717, 1.165) is 5.56 Å². The molecule has 1 aliphatic rings. The zero-order valence-corrected chi connectivity index (χ0v) is 18.0. The molecule has 0 bridgehead atoms. The third kappa shape index (κ3) is 3.17. The minimum absolute atomic E-state index is 0.0359. The number of aromatic nitrogens is 4. The highest BCUT2D eigenvalue weighted by Crippen LogP contribution is 2.37. The average Bonchev–Trinajstić information content (AvgIpc) is 3.22. The molecule has 4 N–H and O–H groups in total. The molecule has 1 atom stereocenters. The fourth-order valence-electron chi connectivity index (χ4n) is 4.05. The van der Waals surface area contributed by atoms with Gasteiger partial charge in [0.25, 0.3) is 10.0 Å². The maximum absolute atomic E-state index is 13.7. The first-order valence-corrected chi connectivity index (χ1v) is 11.3. The number of hydrogen-bond donors (Lipinski definition) is 2. The number of rotatable bonds is 4. The topological polar surface area (TPSA) is 142 Å². The van der Waals surface area contributed by atoms with Gasteiger partial charge in [0.2, 0.25) is 5.95 Å². The van der Waals surface area contributed by atoms with Crippen LogP contribution in [0.1, 0.15) is 11.6 Å². The predicted molar refractivity (Wildman–Crippen MR) is 121 cm³/mol. The van der Waals surface area contributed by atoms with Gasteiger partial charge in [0, 0.05) is 6.07 Å². The van der Waals surface area contributed by atoms with Crippen LogP contribution in [0.3, 0.4) is 0 Å². The van der Waals surface area contributed by atoms with Gasteiger partial charge in [-0.25, -0.2) is 13.1 Å². The molecule has 0 saturated carbocycles. The van der Waals surface area contributed by atoms with E-state index >= 15 is 0 Å². The van der Waals surface area contributed by atoms with E-state index in [0.29, 0.717) is 28.9 Å². The minimum Gasteiger partial charge on any atom is -0.497 e. The quantitative estimate of drug-likeness (QED) is 0.480. The molecule has 32 heavy (non-hydrogen) atoms. The summed E-state index contributed by atoms with van der Waals surface area (Å²) >= 11 is 0. The average molecular weight is 452 g/mol. The van der Waals surface area contributed by atoms with Gasteiger partial charge in [0.15, 0.2) is 5.65 Å². The number of benzene rings is 2. The van der Waals surface area contributed by atoms with E-state index in [9.17, 15) is 8.42 Å². The highest BCUT2D eigenvalue weighted by molar-refractivity contribution is 7.92. The molecule has 0 saturated heterocycles. The largest absolute Gasteiger partial charge is 0.497 e. The van der Waals surface area contributed by atoms with Crippen LogP contribution in [-0.2, 0) is 16.4 Å². The van der Waals surface area contributed by atoms with E-state index in [1.807, 2.05) is 24.3 Å². The lowest BCUT2D eigenvalue weighted by Gasteiger charge is -2.35. The molecule has 3 heterocycles. The summed E-state index contributed by atoms with van der Waals surface area (Å²) in [6, 6.07) is 13.5. The number of sulfonamides is 1. The minimum atomic E-state index is -3.87. The molecule has 5 rings (SSSR count). The summed E-state index contributed by atoms with van der Waals surface area (Å²) in [5.74, 6) is 0.735. The zero-order chi connectivity index (χ0) is 22.5. The zero-order valence-electron chi connectivity index (χ0n) is 17.2. The number of para-hydroxylation sites is 1. The first-order valence-electron chi connectivity index (χ1n) is 9.89. The number of nitrogens with zero attached hydrogens (tertiary/aromatic N) is 5. The van der Waals surface area contributed by atoms with E-state index in [2.05, 4.69) is 15.1 Å². The van der Waals surface area contributed by atoms with Crippen molar-refractivity contribution in [2.75, 3.05) is 29.4 Å². The Morgan fingerprint density at radius 2 is 1.91 bits per heavy atom. The van der Waals surface area contributed by atoms with E-state index in [1.54, 1.807) is 29.1 Å². The van der Waals surface area contributed by atoms with Gasteiger partial charge < -0.3 is 16.2 Å². The summed E-state index contributed by atoms with van der Waals surface area (Å²) in [5, 5.41) is 5.02. The van der Waals surface area contributed by atoms with Crippen LogP contribution in [0, 0.1) is 0 Å². The Kier molecular flexibility index (Phi) is 4.63. The Balaban J connectivity index is 1.63. The van der Waals surface area contributed by atoms with Crippen molar-refractivity contribution in [3.05, 3.63) is 60.3 Å². The van der Waals surface area contributed by atoms with Crippen molar-refractivity contribution in [2.24, 2.45) is 0 Å². The Bertz CT molecular complexity index is 1430. The second-order valence-corrected chi connectivity index (χ2v) is 9.36.